The van der Waals surface area contributed by atoms with Crippen LogP contribution in [0.15, 0.2) is 11.6 Å². The van der Waals surface area contributed by atoms with Gasteiger partial charge in [0.05, 0.1) is 11.7 Å². The van der Waals surface area contributed by atoms with Gasteiger partial charge in [-0.05, 0) is 117 Å². The molecule has 0 spiro atoms. The van der Waals surface area contributed by atoms with Gasteiger partial charge in [0.15, 0.2) is 0 Å². The van der Waals surface area contributed by atoms with Crippen LogP contribution in [0.25, 0.3) is 0 Å². The molecule has 5 rings (SSSR count). The molecule has 170 valence electrons. The average molecular weight is 415 g/mol. The van der Waals surface area contributed by atoms with Gasteiger partial charge in [-0.15, -0.1) is 0 Å². The number of hydrogen-bond donors (Lipinski definition) is 2. The van der Waals surface area contributed by atoms with Crippen molar-refractivity contribution in [2.75, 3.05) is 0 Å². The maximum absolute atomic E-state index is 11.5. The van der Waals surface area contributed by atoms with E-state index < -0.39 is 0 Å². The number of rotatable bonds is 4. The summed E-state index contributed by atoms with van der Waals surface area (Å²) in [5.41, 5.74) is 2.00. The minimum Gasteiger partial charge on any atom is -0.393 e. The molecule has 0 amide bonds. The Morgan fingerprint density at radius 3 is 2.67 bits per heavy atom. The molecule has 5 aliphatic rings. The van der Waals surface area contributed by atoms with Gasteiger partial charge in [0.25, 0.3) is 0 Å². The summed E-state index contributed by atoms with van der Waals surface area (Å²) in [6.45, 7) is 9.77. The Morgan fingerprint density at radius 2 is 1.90 bits per heavy atom. The molecule has 10 atom stereocenters. The molecular weight excluding hydrogens is 368 g/mol. The molecule has 4 saturated carbocycles. The highest BCUT2D eigenvalue weighted by Gasteiger charge is 2.64. The third kappa shape index (κ3) is 3.18. The van der Waals surface area contributed by atoms with E-state index in [4.69, 9.17) is 0 Å². The van der Waals surface area contributed by atoms with E-state index in [9.17, 15) is 10.2 Å². The summed E-state index contributed by atoms with van der Waals surface area (Å²) in [5.74, 6) is 4.76. The van der Waals surface area contributed by atoms with Gasteiger partial charge in [-0.3, -0.25) is 0 Å². The Kier molecular flexibility index (Phi) is 5.26. The quantitative estimate of drug-likeness (QED) is 0.515. The van der Waals surface area contributed by atoms with Crippen molar-refractivity contribution in [1.82, 2.24) is 0 Å². The molecule has 2 N–H and O–H groups in total. The van der Waals surface area contributed by atoms with E-state index in [1.54, 1.807) is 5.57 Å². The zero-order valence-corrected chi connectivity index (χ0v) is 20.0. The van der Waals surface area contributed by atoms with E-state index in [1.807, 2.05) is 0 Å². The average Bonchev–Trinajstić information content (AvgIpc) is 3.18. The molecule has 0 saturated heterocycles. The highest BCUT2D eigenvalue weighted by atomic mass is 16.3. The number of allylic oxidation sites excluding steroid dienone is 1. The van der Waals surface area contributed by atoms with Crippen molar-refractivity contribution < 1.29 is 10.2 Å². The molecular formula is C28H46O2. The molecule has 3 unspecified atom stereocenters. The van der Waals surface area contributed by atoms with Gasteiger partial charge in [0.2, 0.25) is 0 Å². The number of aliphatic hydroxyl groups excluding tert-OH is 1. The van der Waals surface area contributed by atoms with Crippen molar-refractivity contribution in [3.05, 3.63) is 11.6 Å². The Hall–Kier alpha value is -0.340. The number of fused-ring (bicyclic) bond motifs is 7. The Morgan fingerprint density at radius 1 is 1.10 bits per heavy atom. The molecule has 0 radical (unpaired) electrons. The van der Waals surface area contributed by atoms with Crippen LogP contribution in [0.1, 0.15) is 105 Å². The molecule has 0 heterocycles. The highest BCUT2D eigenvalue weighted by Crippen LogP contribution is 2.70. The van der Waals surface area contributed by atoms with Crippen LogP contribution in [-0.4, -0.2) is 21.9 Å². The Balaban J connectivity index is 1.34. The first-order valence-corrected chi connectivity index (χ1v) is 13.3. The lowest BCUT2D eigenvalue weighted by molar-refractivity contribution is -0.0613. The van der Waals surface area contributed by atoms with Gasteiger partial charge in [-0.1, -0.05) is 45.8 Å². The lowest BCUT2D eigenvalue weighted by Crippen LogP contribution is -2.50. The monoisotopic (exact) mass is 414 g/mol. The summed E-state index contributed by atoms with van der Waals surface area (Å²) >= 11 is 0. The maximum atomic E-state index is 11.5. The topological polar surface area (TPSA) is 40.5 Å². The summed E-state index contributed by atoms with van der Waals surface area (Å²) in [4.78, 5) is 0. The van der Waals surface area contributed by atoms with E-state index in [0.717, 1.165) is 67.6 Å². The molecule has 0 aliphatic heterocycles. The van der Waals surface area contributed by atoms with E-state index in [-0.39, 0.29) is 11.7 Å². The minimum absolute atomic E-state index is 0.103. The Bertz CT molecular complexity index is 699. The van der Waals surface area contributed by atoms with E-state index in [2.05, 4.69) is 33.8 Å². The maximum Gasteiger partial charge on any atom is 0.0653 e. The predicted molar refractivity (Wildman–Crippen MR) is 123 cm³/mol. The third-order valence-electron chi connectivity index (χ3n) is 11.5. The second-order valence-electron chi connectivity index (χ2n) is 13.0. The lowest BCUT2D eigenvalue weighted by atomic mass is 9.47. The van der Waals surface area contributed by atoms with Crippen LogP contribution < -0.4 is 0 Å². The summed E-state index contributed by atoms with van der Waals surface area (Å²) in [6, 6.07) is 0. The predicted octanol–water partition coefficient (Wildman–Crippen LogP) is 6.50. The van der Waals surface area contributed by atoms with Crippen LogP contribution in [-0.2, 0) is 0 Å². The van der Waals surface area contributed by atoms with Gasteiger partial charge in [-0.2, -0.15) is 0 Å². The van der Waals surface area contributed by atoms with Crippen LogP contribution in [0.3, 0.4) is 0 Å². The fourth-order valence-electron chi connectivity index (χ4n) is 9.45. The standard InChI is InChI=1S/C28H46O2/c1-5-18(2)8-13-28(30)16-19-14-24-22-7-6-20-15-21(29)9-11-26(20,3)23(22)10-12-27(24,4)25(19)17-28/h6,18-19,21-25,29-30H,5,7-17H2,1-4H3/t18?,19-,21+,22-,23+,24?,25+,26+,27+,28?/m1/s1. The van der Waals surface area contributed by atoms with Crippen LogP contribution in [0.5, 0.6) is 0 Å². The Labute approximate surface area is 184 Å². The molecule has 2 nitrogen and oxygen atoms in total. The van der Waals surface area contributed by atoms with Gasteiger partial charge >= 0.3 is 0 Å². The van der Waals surface area contributed by atoms with Gasteiger partial charge < -0.3 is 10.2 Å². The first-order chi connectivity index (χ1) is 14.2. The molecule has 0 aromatic carbocycles. The minimum atomic E-state index is -0.380. The zero-order valence-electron chi connectivity index (χ0n) is 20.0. The van der Waals surface area contributed by atoms with E-state index in [0.29, 0.717) is 10.8 Å². The van der Waals surface area contributed by atoms with Gasteiger partial charge in [0.1, 0.15) is 0 Å². The highest BCUT2D eigenvalue weighted by molar-refractivity contribution is 5.26. The summed E-state index contributed by atoms with van der Waals surface area (Å²) in [5, 5.41) is 21.7. The van der Waals surface area contributed by atoms with Crippen LogP contribution >= 0.6 is 0 Å². The number of hydrogen-bond acceptors (Lipinski definition) is 2. The second kappa shape index (κ2) is 7.34. The lowest BCUT2D eigenvalue weighted by Gasteiger charge is -2.58. The van der Waals surface area contributed by atoms with Crippen molar-refractivity contribution in [2.24, 2.45) is 46.3 Å². The molecule has 4 fully saturated rings. The zero-order chi connectivity index (χ0) is 21.3. The molecule has 0 aromatic rings. The molecule has 30 heavy (non-hydrogen) atoms. The smallest absolute Gasteiger partial charge is 0.0653 e. The van der Waals surface area contributed by atoms with Crippen molar-refractivity contribution >= 4 is 0 Å². The first kappa shape index (κ1) is 21.5. The van der Waals surface area contributed by atoms with Crippen LogP contribution in [0.2, 0.25) is 0 Å². The number of aliphatic hydroxyl groups is 2. The SMILES string of the molecule is CCC(C)CCC1(O)C[C@H]2CC3[C@@H]4CC=C5C[C@@H](O)CC[C@]5(C)[C@H]4CC[C@]3(C)[C@H]2C1. The molecule has 0 bridgehead atoms. The molecule has 2 heteroatoms. The van der Waals surface area contributed by atoms with Crippen molar-refractivity contribution in [3.63, 3.8) is 0 Å². The van der Waals surface area contributed by atoms with Gasteiger partial charge in [-0.25, -0.2) is 0 Å². The first-order valence-electron chi connectivity index (χ1n) is 13.3. The normalized spacial score (nSPS) is 53.3. The van der Waals surface area contributed by atoms with Gasteiger partial charge in [0, 0.05) is 0 Å². The van der Waals surface area contributed by atoms with E-state index in [1.165, 1.54) is 44.9 Å². The van der Waals surface area contributed by atoms with Crippen molar-refractivity contribution in [1.29, 1.82) is 0 Å². The second-order valence-corrected chi connectivity index (χ2v) is 13.0. The van der Waals surface area contributed by atoms with Crippen molar-refractivity contribution in [2.45, 2.75) is 116 Å². The molecule has 5 aliphatic carbocycles. The summed E-state index contributed by atoms with van der Waals surface area (Å²) < 4.78 is 0. The van der Waals surface area contributed by atoms with Crippen LogP contribution in [0.4, 0.5) is 0 Å². The molecule has 0 aromatic heterocycles. The fraction of sp³-hybridized carbons (Fsp3) is 0.929. The third-order valence-corrected chi connectivity index (χ3v) is 11.5. The summed E-state index contributed by atoms with van der Waals surface area (Å²) in [6.07, 6.45) is 16.5. The fourth-order valence-corrected chi connectivity index (χ4v) is 9.45. The summed E-state index contributed by atoms with van der Waals surface area (Å²) in [7, 11) is 0. The van der Waals surface area contributed by atoms with Crippen LogP contribution in [0, 0.1) is 46.3 Å². The van der Waals surface area contributed by atoms with Crippen molar-refractivity contribution in [3.8, 4) is 0 Å². The van der Waals surface area contributed by atoms with E-state index >= 15 is 0 Å². The largest absolute Gasteiger partial charge is 0.393 e.